The highest BCUT2D eigenvalue weighted by atomic mass is 32.2. The van der Waals surface area contributed by atoms with Crippen LogP contribution in [0.2, 0.25) is 0 Å². The first-order valence-corrected chi connectivity index (χ1v) is 5.07. The SMILES string of the molecule is C[S@](=N)(=O)c1cc(F)ccc1F. The van der Waals surface area contributed by atoms with Crippen molar-refractivity contribution in [2.45, 2.75) is 4.90 Å². The van der Waals surface area contributed by atoms with E-state index < -0.39 is 21.4 Å². The van der Waals surface area contributed by atoms with Gasteiger partial charge in [0, 0.05) is 6.26 Å². The highest BCUT2D eigenvalue weighted by molar-refractivity contribution is 7.91. The van der Waals surface area contributed by atoms with Gasteiger partial charge in [-0.25, -0.2) is 17.8 Å². The second-order valence-electron chi connectivity index (χ2n) is 2.42. The number of halogens is 2. The molecular weight excluding hydrogens is 184 g/mol. The molecule has 0 bridgehead atoms. The zero-order valence-corrected chi connectivity index (χ0v) is 7.12. The van der Waals surface area contributed by atoms with E-state index in [1.54, 1.807) is 0 Å². The maximum Gasteiger partial charge on any atom is 0.140 e. The Balaban J connectivity index is 3.43. The zero-order chi connectivity index (χ0) is 9.35. The molecule has 0 aromatic heterocycles. The predicted octanol–water partition coefficient (Wildman–Crippen LogP) is 2.00. The Kier molecular flexibility index (Phi) is 2.14. The van der Waals surface area contributed by atoms with Crippen molar-refractivity contribution < 1.29 is 13.0 Å². The fraction of sp³-hybridized carbons (Fsp3) is 0.143. The minimum absolute atomic E-state index is 0.387. The van der Waals surface area contributed by atoms with Gasteiger partial charge in [0.2, 0.25) is 0 Å². The maximum atomic E-state index is 12.8. The van der Waals surface area contributed by atoms with Gasteiger partial charge in [0.1, 0.15) is 11.6 Å². The van der Waals surface area contributed by atoms with Crippen LogP contribution in [-0.2, 0) is 9.73 Å². The molecule has 0 spiro atoms. The predicted molar refractivity (Wildman–Crippen MR) is 41.4 cm³/mol. The Morgan fingerprint density at radius 1 is 1.42 bits per heavy atom. The Morgan fingerprint density at radius 3 is 2.42 bits per heavy atom. The van der Waals surface area contributed by atoms with Gasteiger partial charge in [-0.2, -0.15) is 0 Å². The van der Waals surface area contributed by atoms with Crippen LogP contribution in [0, 0.1) is 16.4 Å². The highest BCUT2D eigenvalue weighted by Gasteiger charge is 2.10. The van der Waals surface area contributed by atoms with Crippen molar-refractivity contribution in [1.29, 1.82) is 4.78 Å². The maximum absolute atomic E-state index is 12.8. The first kappa shape index (κ1) is 9.12. The van der Waals surface area contributed by atoms with E-state index in [-0.39, 0.29) is 4.90 Å². The Morgan fingerprint density at radius 2 is 2.00 bits per heavy atom. The van der Waals surface area contributed by atoms with Crippen LogP contribution < -0.4 is 0 Å². The van der Waals surface area contributed by atoms with E-state index in [0.717, 1.165) is 24.5 Å². The average molecular weight is 191 g/mol. The number of nitrogens with one attached hydrogen (secondary N) is 1. The van der Waals surface area contributed by atoms with Gasteiger partial charge in [-0.1, -0.05) is 0 Å². The molecule has 0 saturated heterocycles. The molecule has 0 amide bonds. The first-order chi connectivity index (χ1) is 5.41. The third-order valence-electron chi connectivity index (χ3n) is 1.31. The molecule has 0 radical (unpaired) electrons. The largest absolute Gasteiger partial charge is 0.249 e. The molecule has 1 aromatic carbocycles. The van der Waals surface area contributed by atoms with Gasteiger partial charge in [-0.15, -0.1) is 0 Å². The molecule has 66 valence electrons. The van der Waals surface area contributed by atoms with Gasteiger partial charge in [0.15, 0.2) is 0 Å². The lowest BCUT2D eigenvalue weighted by Gasteiger charge is -2.01. The molecular formula is C7H7F2NOS. The molecule has 1 atom stereocenters. The van der Waals surface area contributed by atoms with E-state index in [4.69, 9.17) is 4.78 Å². The van der Waals surface area contributed by atoms with Crippen LogP contribution in [0.5, 0.6) is 0 Å². The van der Waals surface area contributed by atoms with Crippen molar-refractivity contribution in [3.05, 3.63) is 29.8 Å². The molecule has 0 heterocycles. The average Bonchev–Trinajstić information content (AvgIpc) is 1.92. The number of benzene rings is 1. The molecule has 0 fully saturated rings. The minimum atomic E-state index is -3.17. The standard InChI is InChI=1S/C7H7F2NOS/c1-12(10,11)7-4-5(8)2-3-6(7)9/h2-4,10H,1H3/t12-/m0/s1. The number of hydrogen-bond donors (Lipinski definition) is 1. The lowest BCUT2D eigenvalue weighted by molar-refractivity contribution is 0.571. The zero-order valence-electron chi connectivity index (χ0n) is 6.30. The van der Waals surface area contributed by atoms with Crippen molar-refractivity contribution in [3.63, 3.8) is 0 Å². The fourth-order valence-electron chi connectivity index (χ4n) is 0.776. The second kappa shape index (κ2) is 2.82. The van der Waals surface area contributed by atoms with E-state index in [0.29, 0.717) is 0 Å². The summed E-state index contributed by atoms with van der Waals surface area (Å²) < 4.78 is 43.4. The molecule has 0 aliphatic carbocycles. The smallest absolute Gasteiger partial charge is 0.140 e. The summed E-state index contributed by atoms with van der Waals surface area (Å²) in [6.45, 7) is 0. The molecule has 1 N–H and O–H groups in total. The number of hydrogen-bond acceptors (Lipinski definition) is 2. The fourth-order valence-corrected chi connectivity index (χ4v) is 1.55. The normalized spacial score (nSPS) is 15.6. The molecule has 0 saturated carbocycles. The summed E-state index contributed by atoms with van der Waals surface area (Å²) >= 11 is 0. The van der Waals surface area contributed by atoms with E-state index >= 15 is 0 Å². The third kappa shape index (κ3) is 1.79. The summed E-state index contributed by atoms with van der Waals surface area (Å²) in [7, 11) is -3.17. The third-order valence-corrected chi connectivity index (χ3v) is 2.47. The molecule has 5 heteroatoms. The Bertz CT molecular complexity index is 400. The van der Waals surface area contributed by atoms with Gasteiger partial charge in [0.05, 0.1) is 14.6 Å². The molecule has 12 heavy (non-hydrogen) atoms. The topological polar surface area (TPSA) is 40.9 Å². The van der Waals surface area contributed by atoms with Crippen LogP contribution in [0.4, 0.5) is 8.78 Å². The minimum Gasteiger partial charge on any atom is -0.249 e. The van der Waals surface area contributed by atoms with E-state index in [1.165, 1.54) is 0 Å². The van der Waals surface area contributed by atoms with Crippen molar-refractivity contribution in [1.82, 2.24) is 0 Å². The van der Waals surface area contributed by atoms with Crippen LogP contribution in [-0.4, -0.2) is 10.5 Å². The molecule has 1 aromatic rings. The van der Waals surface area contributed by atoms with Crippen molar-refractivity contribution >= 4 is 9.73 Å². The molecule has 0 aliphatic heterocycles. The van der Waals surface area contributed by atoms with Crippen molar-refractivity contribution in [2.24, 2.45) is 0 Å². The molecule has 1 rings (SSSR count). The van der Waals surface area contributed by atoms with E-state index in [9.17, 15) is 13.0 Å². The van der Waals surface area contributed by atoms with Crippen LogP contribution in [0.1, 0.15) is 0 Å². The summed E-state index contributed by atoms with van der Waals surface area (Å²) in [6, 6.07) is 2.57. The second-order valence-corrected chi connectivity index (χ2v) is 4.55. The summed E-state index contributed by atoms with van der Waals surface area (Å²) in [4.78, 5) is -0.387. The summed E-state index contributed by atoms with van der Waals surface area (Å²) in [5.74, 6) is -1.49. The summed E-state index contributed by atoms with van der Waals surface area (Å²) in [5, 5.41) is 0. The van der Waals surface area contributed by atoms with Crippen LogP contribution in [0.3, 0.4) is 0 Å². The molecule has 0 unspecified atom stereocenters. The lowest BCUT2D eigenvalue weighted by Crippen LogP contribution is -1.99. The van der Waals surface area contributed by atoms with Crippen LogP contribution in [0.15, 0.2) is 23.1 Å². The van der Waals surface area contributed by atoms with E-state index in [2.05, 4.69) is 0 Å². The van der Waals surface area contributed by atoms with Crippen molar-refractivity contribution in [2.75, 3.05) is 6.26 Å². The van der Waals surface area contributed by atoms with Gasteiger partial charge < -0.3 is 0 Å². The Labute approximate surface area is 69.2 Å². The quantitative estimate of drug-likeness (QED) is 0.724. The summed E-state index contributed by atoms with van der Waals surface area (Å²) in [5.41, 5.74) is 0. The number of rotatable bonds is 1. The summed E-state index contributed by atoms with van der Waals surface area (Å²) in [6.07, 6.45) is 1.05. The highest BCUT2D eigenvalue weighted by Crippen LogP contribution is 2.15. The van der Waals surface area contributed by atoms with E-state index in [1.807, 2.05) is 0 Å². The van der Waals surface area contributed by atoms with Gasteiger partial charge in [-0.05, 0) is 18.2 Å². The van der Waals surface area contributed by atoms with Crippen molar-refractivity contribution in [3.8, 4) is 0 Å². The van der Waals surface area contributed by atoms with Gasteiger partial charge in [0.25, 0.3) is 0 Å². The first-order valence-electron chi connectivity index (χ1n) is 3.10. The molecule has 2 nitrogen and oxygen atoms in total. The van der Waals surface area contributed by atoms with Crippen LogP contribution >= 0.6 is 0 Å². The molecule has 0 aliphatic rings. The van der Waals surface area contributed by atoms with Gasteiger partial charge in [-0.3, -0.25) is 0 Å². The van der Waals surface area contributed by atoms with Crippen LogP contribution in [0.25, 0.3) is 0 Å². The van der Waals surface area contributed by atoms with Gasteiger partial charge >= 0.3 is 0 Å². The lowest BCUT2D eigenvalue weighted by atomic mass is 10.3. The Hall–Kier alpha value is -0.970. The monoisotopic (exact) mass is 191 g/mol.